The van der Waals surface area contributed by atoms with E-state index in [-0.39, 0.29) is 11.8 Å². The number of hydrogen-bond acceptors (Lipinski definition) is 2. The van der Waals surface area contributed by atoms with E-state index in [1.807, 2.05) is 6.92 Å². The van der Waals surface area contributed by atoms with Crippen molar-refractivity contribution in [3.05, 3.63) is 0 Å². The van der Waals surface area contributed by atoms with Gasteiger partial charge in [-0.25, -0.2) is 4.79 Å². The lowest BCUT2D eigenvalue weighted by molar-refractivity contribution is -0.148. The van der Waals surface area contributed by atoms with Crippen LogP contribution in [0.1, 0.15) is 26.2 Å². The first-order valence-electron chi connectivity index (χ1n) is 5.14. The monoisotopic (exact) mass is 197 g/mol. The molecule has 1 heterocycles. The average Bonchev–Trinajstić information content (AvgIpc) is 2.69. The van der Waals surface area contributed by atoms with E-state index in [0.29, 0.717) is 18.9 Å². The Kier molecular flexibility index (Phi) is 2.21. The summed E-state index contributed by atoms with van der Waals surface area (Å²) in [5.41, 5.74) is 0. The van der Waals surface area contributed by atoms with Crippen molar-refractivity contribution in [3.8, 4) is 0 Å². The number of carboxylic acids is 1. The first-order valence-corrected chi connectivity index (χ1v) is 5.14. The molecule has 4 heteroatoms. The Morgan fingerprint density at radius 2 is 2.07 bits per heavy atom. The fourth-order valence-electron chi connectivity index (χ4n) is 2.17. The minimum atomic E-state index is -0.857. The standard InChI is InChI=1S/C10H15NO3/c1-6-5-7(6)9(12)11-4-2-3-8(11)10(13)14/h6-8H,2-5H2,1H3,(H,13,14). The maximum atomic E-state index is 11.8. The zero-order chi connectivity index (χ0) is 10.3. The molecule has 1 aliphatic carbocycles. The third-order valence-corrected chi connectivity index (χ3v) is 3.25. The second-order valence-electron chi connectivity index (χ2n) is 4.35. The zero-order valence-electron chi connectivity index (χ0n) is 8.27. The van der Waals surface area contributed by atoms with Gasteiger partial charge in [-0.1, -0.05) is 6.92 Å². The van der Waals surface area contributed by atoms with Gasteiger partial charge in [-0.15, -0.1) is 0 Å². The largest absolute Gasteiger partial charge is 0.480 e. The third-order valence-electron chi connectivity index (χ3n) is 3.25. The predicted molar refractivity (Wildman–Crippen MR) is 49.6 cm³/mol. The maximum Gasteiger partial charge on any atom is 0.326 e. The lowest BCUT2D eigenvalue weighted by atomic mass is 10.2. The quantitative estimate of drug-likeness (QED) is 0.709. The maximum absolute atomic E-state index is 11.8. The number of likely N-dealkylation sites (tertiary alicyclic amines) is 1. The van der Waals surface area contributed by atoms with Gasteiger partial charge in [-0.2, -0.15) is 0 Å². The van der Waals surface area contributed by atoms with Crippen LogP contribution in [0.2, 0.25) is 0 Å². The lowest BCUT2D eigenvalue weighted by Gasteiger charge is -2.21. The molecule has 3 atom stereocenters. The summed E-state index contributed by atoms with van der Waals surface area (Å²) < 4.78 is 0. The van der Waals surface area contributed by atoms with Crippen molar-refractivity contribution < 1.29 is 14.7 Å². The van der Waals surface area contributed by atoms with Crippen molar-refractivity contribution >= 4 is 11.9 Å². The normalized spacial score (nSPS) is 35.8. The molecule has 1 aliphatic heterocycles. The molecule has 0 radical (unpaired) electrons. The van der Waals surface area contributed by atoms with Crippen molar-refractivity contribution in [2.24, 2.45) is 11.8 Å². The van der Waals surface area contributed by atoms with E-state index in [9.17, 15) is 9.59 Å². The molecule has 14 heavy (non-hydrogen) atoms. The highest BCUT2D eigenvalue weighted by Crippen LogP contribution is 2.40. The van der Waals surface area contributed by atoms with E-state index >= 15 is 0 Å². The van der Waals surface area contributed by atoms with Crippen LogP contribution in [0, 0.1) is 11.8 Å². The number of nitrogens with zero attached hydrogens (tertiary/aromatic N) is 1. The Morgan fingerprint density at radius 3 is 2.57 bits per heavy atom. The van der Waals surface area contributed by atoms with Gasteiger partial charge in [0.15, 0.2) is 0 Å². The highest BCUT2D eigenvalue weighted by molar-refractivity contribution is 5.87. The number of carbonyl (C=O) groups is 2. The molecule has 1 N–H and O–H groups in total. The van der Waals surface area contributed by atoms with Gasteiger partial charge in [0, 0.05) is 12.5 Å². The molecule has 1 amide bonds. The van der Waals surface area contributed by atoms with Gasteiger partial charge >= 0.3 is 5.97 Å². The molecule has 0 aromatic rings. The molecule has 4 nitrogen and oxygen atoms in total. The molecule has 0 spiro atoms. The Morgan fingerprint density at radius 1 is 1.43 bits per heavy atom. The Hall–Kier alpha value is -1.06. The third kappa shape index (κ3) is 1.49. The fraction of sp³-hybridized carbons (Fsp3) is 0.800. The summed E-state index contributed by atoms with van der Waals surface area (Å²) in [6.45, 7) is 2.66. The Balaban J connectivity index is 2.02. The van der Waals surface area contributed by atoms with E-state index < -0.39 is 12.0 Å². The van der Waals surface area contributed by atoms with E-state index in [0.717, 1.165) is 12.8 Å². The number of hydrogen-bond donors (Lipinski definition) is 1. The second-order valence-corrected chi connectivity index (χ2v) is 4.35. The summed E-state index contributed by atoms with van der Waals surface area (Å²) >= 11 is 0. The summed E-state index contributed by atoms with van der Waals surface area (Å²) in [4.78, 5) is 24.2. The van der Waals surface area contributed by atoms with Gasteiger partial charge < -0.3 is 10.0 Å². The summed E-state index contributed by atoms with van der Waals surface area (Å²) in [7, 11) is 0. The molecule has 0 bridgehead atoms. The molecule has 0 aromatic heterocycles. The van der Waals surface area contributed by atoms with Crippen LogP contribution in [0.3, 0.4) is 0 Å². The van der Waals surface area contributed by atoms with Crippen molar-refractivity contribution in [3.63, 3.8) is 0 Å². The van der Waals surface area contributed by atoms with Gasteiger partial charge in [0.2, 0.25) is 5.91 Å². The lowest BCUT2D eigenvalue weighted by Crippen LogP contribution is -2.41. The molecule has 78 valence electrons. The summed E-state index contributed by atoms with van der Waals surface area (Å²) in [6.07, 6.45) is 2.37. The number of aliphatic carboxylic acids is 1. The molecular formula is C10H15NO3. The van der Waals surface area contributed by atoms with E-state index in [4.69, 9.17) is 5.11 Å². The minimum Gasteiger partial charge on any atom is -0.480 e. The number of amides is 1. The molecule has 0 aromatic carbocycles. The van der Waals surface area contributed by atoms with Crippen molar-refractivity contribution in [1.29, 1.82) is 0 Å². The van der Waals surface area contributed by atoms with Gasteiger partial charge in [0.25, 0.3) is 0 Å². The minimum absolute atomic E-state index is 0.0578. The predicted octanol–water partition coefficient (Wildman–Crippen LogP) is 0.718. The number of carboxylic acid groups (broad SMARTS) is 1. The summed E-state index contributed by atoms with van der Waals surface area (Å²) in [6, 6.07) is -0.560. The number of carbonyl (C=O) groups excluding carboxylic acids is 1. The fourth-order valence-corrected chi connectivity index (χ4v) is 2.17. The van der Waals surface area contributed by atoms with Crippen LogP contribution in [0.15, 0.2) is 0 Å². The zero-order valence-corrected chi connectivity index (χ0v) is 8.27. The smallest absolute Gasteiger partial charge is 0.326 e. The highest BCUT2D eigenvalue weighted by Gasteiger charge is 2.45. The number of rotatable bonds is 2. The van der Waals surface area contributed by atoms with Crippen LogP contribution in [0.25, 0.3) is 0 Å². The van der Waals surface area contributed by atoms with Crippen LogP contribution in [0.4, 0.5) is 0 Å². The average molecular weight is 197 g/mol. The van der Waals surface area contributed by atoms with Gasteiger partial charge in [0.05, 0.1) is 0 Å². The molecule has 3 unspecified atom stereocenters. The van der Waals surface area contributed by atoms with Crippen LogP contribution in [-0.4, -0.2) is 34.5 Å². The molecule has 2 fully saturated rings. The van der Waals surface area contributed by atoms with E-state index in [1.165, 1.54) is 0 Å². The molecule has 2 rings (SSSR count). The van der Waals surface area contributed by atoms with Gasteiger partial charge in [-0.3, -0.25) is 4.79 Å². The second kappa shape index (κ2) is 3.26. The first-order chi connectivity index (χ1) is 6.61. The van der Waals surface area contributed by atoms with Gasteiger partial charge in [0.1, 0.15) is 6.04 Å². The molecule has 1 saturated heterocycles. The van der Waals surface area contributed by atoms with Gasteiger partial charge in [-0.05, 0) is 25.2 Å². The molecule has 1 saturated carbocycles. The SMILES string of the molecule is CC1CC1C(=O)N1CCCC1C(=O)O. The Labute approximate surface area is 82.9 Å². The van der Waals surface area contributed by atoms with Crippen LogP contribution >= 0.6 is 0 Å². The molecular weight excluding hydrogens is 182 g/mol. The molecule has 2 aliphatic rings. The van der Waals surface area contributed by atoms with Crippen LogP contribution < -0.4 is 0 Å². The van der Waals surface area contributed by atoms with E-state index in [2.05, 4.69) is 0 Å². The topological polar surface area (TPSA) is 57.6 Å². The van der Waals surface area contributed by atoms with Crippen molar-refractivity contribution in [1.82, 2.24) is 4.90 Å². The van der Waals surface area contributed by atoms with Crippen molar-refractivity contribution in [2.75, 3.05) is 6.54 Å². The van der Waals surface area contributed by atoms with Crippen LogP contribution in [-0.2, 0) is 9.59 Å². The highest BCUT2D eigenvalue weighted by atomic mass is 16.4. The first kappa shape index (κ1) is 9.49. The Bertz CT molecular complexity index is 277. The van der Waals surface area contributed by atoms with E-state index in [1.54, 1.807) is 4.90 Å². The summed E-state index contributed by atoms with van der Waals surface area (Å²) in [5.74, 6) is -0.237. The van der Waals surface area contributed by atoms with Crippen molar-refractivity contribution in [2.45, 2.75) is 32.2 Å². The summed E-state index contributed by atoms with van der Waals surface area (Å²) in [5, 5.41) is 8.91. The van der Waals surface area contributed by atoms with Crippen LogP contribution in [0.5, 0.6) is 0 Å².